The highest BCUT2D eigenvalue weighted by Gasteiger charge is 2.28. The number of aryl methyl sites for hydroxylation is 1. The van der Waals surface area contributed by atoms with E-state index in [-0.39, 0.29) is 23.4 Å². The van der Waals surface area contributed by atoms with Crippen LogP contribution in [-0.4, -0.2) is 30.4 Å². The number of halogens is 2. The van der Waals surface area contributed by atoms with Gasteiger partial charge >= 0.3 is 5.92 Å². The Morgan fingerprint density at radius 2 is 2.03 bits per heavy atom. The van der Waals surface area contributed by atoms with Crippen LogP contribution in [0.5, 0.6) is 0 Å². The number of nitrogens with zero attached hydrogens (tertiary/aromatic N) is 6. The second kappa shape index (κ2) is 7.59. The van der Waals surface area contributed by atoms with Crippen molar-refractivity contribution in [2.45, 2.75) is 19.8 Å². The van der Waals surface area contributed by atoms with Crippen molar-refractivity contribution in [2.24, 2.45) is 7.05 Å². The molecule has 1 amide bonds. The standard InChI is InChI=1S/C18H16F2N8O/c1-10(29)24-15-6-12(25-14-4-5-22-17(27-14)18(2,19)20)11(8-23-15)13-9-28(3)16(7-21)26-13/h4-6,8-9H,1-3H3,(H2,22,23,24,25,27,29). The summed E-state index contributed by atoms with van der Waals surface area (Å²) in [6.07, 6.45) is 4.30. The molecule has 11 heteroatoms. The average Bonchev–Trinajstić information content (AvgIpc) is 3.01. The Labute approximate surface area is 164 Å². The number of carbonyl (C=O) groups excluding carboxylic acids is 1. The third kappa shape index (κ3) is 4.49. The zero-order valence-corrected chi connectivity index (χ0v) is 15.7. The first kappa shape index (κ1) is 19.8. The Morgan fingerprint density at radius 3 is 2.66 bits per heavy atom. The Balaban J connectivity index is 2.07. The topological polar surface area (TPSA) is 121 Å². The van der Waals surface area contributed by atoms with Crippen molar-refractivity contribution in [3.05, 3.63) is 42.4 Å². The fraction of sp³-hybridized carbons (Fsp3) is 0.222. The van der Waals surface area contributed by atoms with Crippen LogP contribution in [0.1, 0.15) is 25.5 Å². The molecule has 3 heterocycles. The van der Waals surface area contributed by atoms with Gasteiger partial charge in [-0.1, -0.05) is 0 Å². The van der Waals surface area contributed by atoms with Crippen molar-refractivity contribution in [3.8, 4) is 17.3 Å². The summed E-state index contributed by atoms with van der Waals surface area (Å²) in [5.74, 6) is -3.61. The Morgan fingerprint density at radius 1 is 1.28 bits per heavy atom. The lowest BCUT2D eigenvalue weighted by atomic mass is 10.1. The number of carbonyl (C=O) groups is 1. The number of aromatic nitrogens is 5. The van der Waals surface area contributed by atoms with E-state index in [4.69, 9.17) is 5.26 Å². The summed E-state index contributed by atoms with van der Waals surface area (Å²) in [5, 5.41) is 14.6. The Kier molecular flexibility index (Phi) is 5.18. The van der Waals surface area contributed by atoms with Crippen molar-refractivity contribution in [1.82, 2.24) is 24.5 Å². The molecule has 2 N–H and O–H groups in total. The SMILES string of the molecule is CC(=O)Nc1cc(Nc2ccnc(C(C)(F)F)n2)c(-c2cn(C)c(C#N)n2)cn1. The number of rotatable bonds is 5. The summed E-state index contributed by atoms with van der Waals surface area (Å²) in [6.45, 7) is 2.04. The predicted octanol–water partition coefficient (Wildman–Crippen LogP) is 2.96. The van der Waals surface area contributed by atoms with Crippen molar-refractivity contribution in [2.75, 3.05) is 10.6 Å². The van der Waals surface area contributed by atoms with Gasteiger partial charge in [-0.15, -0.1) is 0 Å². The summed E-state index contributed by atoms with van der Waals surface area (Å²) in [4.78, 5) is 27.2. The van der Waals surface area contributed by atoms with Crippen LogP contribution in [0.2, 0.25) is 0 Å². The molecule has 0 saturated heterocycles. The molecule has 9 nitrogen and oxygen atoms in total. The second-order valence-electron chi connectivity index (χ2n) is 6.25. The van der Waals surface area contributed by atoms with Gasteiger partial charge < -0.3 is 15.2 Å². The van der Waals surface area contributed by atoms with Crippen LogP contribution in [-0.2, 0) is 17.8 Å². The van der Waals surface area contributed by atoms with Crippen LogP contribution in [0.15, 0.2) is 30.7 Å². The van der Waals surface area contributed by atoms with E-state index >= 15 is 0 Å². The van der Waals surface area contributed by atoms with E-state index in [9.17, 15) is 13.6 Å². The minimum atomic E-state index is -3.21. The third-order valence-corrected chi connectivity index (χ3v) is 3.77. The molecule has 3 aromatic heterocycles. The fourth-order valence-corrected chi connectivity index (χ4v) is 2.49. The van der Waals surface area contributed by atoms with Crippen LogP contribution in [0, 0.1) is 11.3 Å². The van der Waals surface area contributed by atoms with E-state index in [1.54, 1.807) is 17.8 Å². The van der Waals surface area contributed by atoms with Crippen molar-refractivity contribution >= 4 is 23.2 Å². The van der Waals surface area contributed by atoms with E-state index in [0.717, 1.165) is 0 Å². The van der Waals surface area contributed by atoms with Crippen molar-refractivity contribution in [1.29, 1.82) is 5.26 Å². The predicted molar refractivity (Wildman–Crippen MR) is 100 cm³/mol. The number of hydrogen-bond donors (Lipinski definition) is 2. The van der Waals surface area contributed by atoms with Gasteiger partial charge in [0.05, 0.1) is 11.4 Å². The van der Waals surface area contributed by atoms with Gasteiger partial charge in [-0.3, -0.25) is 4.79 Å². The molecule has 0 aliphatic rings. The molecular weight excluding hydrogens is 382 g/mol. The van der Waals surface area contributed by atoms with Gasteiger partial charge in [0.15, 0.2) is 0 Å². The molecule has 29 heavy (non-hydrogen) atoms. The fourth-order valence-electron chi connectivity index (χ4n) is 2.49. The zero-order chi connectivity index (χ0) is 21.2. The molecular formula is C18H16F2N8O. The van der Waals surface area contributed by atoms with Crippen LogP contribution in [0.25, 0.3) is 11.3 Å². The normalized spacial score (nSPS) is 11.0. The molecule has 148 valence electrons. The first-order valence-corrected chi connectivity index (χ1v) is 8.37. The van der Waals surface area contributed by atoms with Crippen molar-refractivity contribution in [3.63, 3.8) is 0 Å². The summed E-state index contributed by atoms with van der Waals surface area (Å²) in [5.41, 5.74) is 1.32. The first-order valence-electron chi connectivity index (χ1n) is 8.37. The Bertz CT molecular complexity index is 1110. The van der Waals surface area contributed by atoms with Gasteiger partial charge in [0, 0.05) is 51.1 Å². The molecule has 0 aliphatic heterocycles. The molecule has 0 atom stereocenters. The maximum atomic E-state index is 13.6. The lowest BCUT2D eigenvalue weighted by molar-refractivity contribution is -0.114. The van der Waals surface area contributed by atoms with E-state index in [1.165, 1.54) is 31.5 Å². The average molecular weight is 398 g/mol. The Hall–Kier alpha value is -3.94. The minimum absolute atomic E-state index is 0.120. The molecule has 3 aromatic rings. The van der Waals surface area contributed by atoms with Gasteiger partial charge in [0.1, 0.15) is 17.7 Å². The minimum Gasteiger partial charge on any atom is -0.339 e. The van der Waals surface area contributed by atoms with E-state index in [2.05, 4.69) is 30.6 Å². The molecule has 0 aliphatic carbocycles. The summed E-state index contributed by atoms with van der Waals surface area (Å²) < 4.78 is 28.7. The quantitative estimate of drug-likeness (QED) is 0.678. The maximum absolute atomic E-state index is 13.6. The van der Waals surface area contributed by atoms with Gasteiger partial charge in [0.2, 0.25) is 17.6 Å². The lowest BCUT2D eigenvalue weighted by Crippen LogP contribution is -2.13. The molecule has 0 spiro atoms. The molecule has 0 aromatic carbocycles. The molecule has 0 unspecified atom stereocenters. The highest BCUT2D eigenvalue weighted by atomic mass is 19.3. The smallest absolute Gasteiger partial charge is 0.303 e. The largest absolute Gasteiger partial charge is 0.339 e. The molecule has 0 radical (unpaired) electrons. The number of hydrogen-bond acceptors (Lipinski definition) is 7. The number of alkyl halides is 2. The van der Waals surface area contributed by atoms with Crippen molar-refractivity contribution < 1.29 is 13.6 Å². The number of imidazole rings is 1. The van der Waals surface area contributed by atoms with Crippen LogP contribution in [0.3, 0.4) is 0 Å². The summed E-state index contributed by atoms with van der Waals surface area (Å²) in [6, 6.07) is 4.91. The molecule has 3 rings (SSSR count). The van der Waals surface area contributed by atoms with E-state index in [1.807, 2.05) is 6.07 Å². The van der Waals surface area contributed by atoms with Crippen LogP contribution < -0.4 is 10.6 Å². The van der Waals surface area contributed by atoms with Gasteiger partial charge in [-0.05, 0) is 6.07 Å². The van der Waals surface area contributed by atoms with Gasteiger partial charge in [-0.25, -0.2) is 19.9 Å². The van der Waals surface area contributed by atoms with Gasteiger partial charge in [-0.2, -0.15) is 14.0 Å². The zero-order valence-electron chi connectivity index (χ0n) is 15.7. The maximum Gasteiger partial charge on any atom is 0.303 e. The van der Waals surface area contributed by atoms with E-state index in [0.29, 0.717) is 23.9 Å². The highest BCUT2D eigenvalue weighted by molar-refractivity contribution is 5.89. The number of anilines is 3. The lowest BCUT2D eigenvalue weighted by Gasteiger charge is -2.14. The monoisotopic (exact) mass is 398 g/mol. The molecule has 0 fully saturated rings. The third-order valence-electron chi connectivity index (χ3n) is 3.77. The second-order valence-corrected chi connectivity index (χ2v) is 6.25. The number of amides is 1. The number of nitriles is 1. The number of nitrogens with one attached hydrogen (secondary N) is 2. The van der Waals surface area contributed by atoms with E-state index < -0.39 is 11.7 Å². The molecule has 0 saturated carbocycles. The van der Waals surface area contributed by atoms with Gasteiger partial charge in [0.25, 0.3) is 0 Å². The summed E-state index contributed by atoms with van der Waals surface area (Å²) in [7, 11) is 1.67. The summed E-state index contributed by atoms with van der Waals surface area (Å²) >= 11 is 0. The first-order chi connectivity index (χ1) is 13.7. The van der Waals surface area contributed by atoms with Crippen LogP contribution >= 0.6 is 0 Å². The molecule has 0 bridgehead atoms. The number of pyridine rings is 1. The van der Waals surface area contributed by atoms with Crippen LogP contribution in [0.4, 0.5) is 26.1 Å². The highest BCUT2D eigenvalue weighted by Crippen LogP contribution is 2.31.